The maximum absolute atomic E-state index is 12.1. The Morgan fingerprint density at radius 1 is 0.500 bits per heavy atom. The Morgan fingerprint density at radius 3 is 1.18 bits per heavy atom. The molecule has 50 heavy (non-hydrogen) atoms. The minimum absolute atomic E-state index is 0.0657. The molecular formula is C29H55N7O14. The van der Waals surface area contributed by atoms with Gasteiger partial charge in [0.05, 0.1) is 126 Å². The zero-order valence-electron chi connectivity index (χ0n) is 28.8. The molecule has 0 saturated carbocycles. The lowest BCUT2D eigenvalue weighted by atomic mass is 10.1. The first-order chi connectivity index (χ1) is 24.5. The van der Waals surface area contributed by atoms with Crippen LogP contribution in [0.25, 0.3) is 20.9 Å². The third-order valence-electron chi connectivity index (χ3n) is 5.93. The van der Waals surface area contributed by atoms with Gasteiger partial charge in [-0.25, -0.2) is 0 Å². The maximum atomic E-state index is 12.1. The van der Waals surface area contributed by atoms with Crippen molar-refractivity contribution >= 4 is 11.7 Å². The van der Waals surface area contributed by atoms with Crippen LogP contribution >= 0.6 is 0 Å². The number of ketones is 1. The lowest BCUT2D eigenvalue weighted by Gasteiger charge is -2.16. The van der Waals surface area contributed by atoms with Gasteiger partial charge in [-0.1, -0.05) is 10.2 Å². The predicted octanol–water partition coefficient (Wildman–Crippen LogP) is -0.0397. The second-order valence-electron chi connectivity index (χ2n) is 9.78. The van der Waals surface area contributed by atoms with Crippen molar-refractivity contribution in [3.8, 4) is 0 Å². The monoisotopic (exact) mass is 725 g/mol. The van der Waals surface area contributed by atoms with E-state index in [2.05, 4.69) is 25.4 Å². The van der Waals surface area contributed by atoms with Crippen LogP contribution in [0.2, 0.25) is 0 Å². The van der Waals surface area contributed by atoms with Crippen molar-refractivity contribution in [1.82, 2.24) is 5.32 Å². The van der Waals surface area contributed by atoms with Crippen LogP contribution in [0.15, 0.2) is 10.2 Å². The van der Waals surface area contributed by atoms with Crippen molar-refractivity contribution in [3.05, 3.63) is 20.9 Å². The predicted molar refractivity (Wildman–Crippen MR) is 175 cm³/mol. The Bertz CT molecular complexity index is 828. The molecule has 0 bridgehead atoms. The minimum Gasteiger partial charge on any atom is -0.382 e. The van der Waals surface area contributed by atoms with E-state index in [9.17, 15) is 19.8 Å². The molecule has 0 aromatic carbocycles. The number of carbonyl (C=O) groups is 2. The van der Waals surface area contributed by atoms with Crippen LogP contribution in [-0.4, -0.2) is 186 Å². The quantitative estimate of drug-likeness (QED) is 0.0324. The average molecular weight is 726 g/mol. The SMILES string of the molecule is [N-]=[N+]=NCCOCCOCCOCCOCCOCCCC(=O)[C@H](O)[C@@H](O)C(=O)NCCOCCOCCOCCOCCOCCN=[N+]=[N-]. The Labute approximate surface area is 292 Å². The highest BCUT2D eigenvalue weighted by Gasteiger charge is 2.29. The highest BCUT2D eigenvalue weighted by atomic mass is 16.6. The van der Waals surface area contributed by atoms with Gasteiger partial charge in [-0.2, -0.15) is 0 Å². The number of Topliss-reactive ketones (excluding diaryl/α,β-unsaturated/α-hetero) is 1. The zero-order chi connectivity index (χ0) is 36.6. The van der Waals surface area contributed by atoms with Gasteiger partial charge in [-0.05, 0) is 17.5 Å². The molecule has 1 amide bonds. The second kappa shape index (κ2) is 39.1. The molecule has 0 rings (SSSR count). The highest BCUT2D eigenvalue weighted by molar-refractivity contribution is 5.91. The molecule has 0 aliphatic carbocycles. The van der Waals surface area contributed by atoms with E-state index in [0.29, 0.717) is 132 Å². The van der Waals surface area contributed by atoms with Gasteiger partial charge in [0.15, 0.2) is 11.9 Å². The van der Waals surface area contributed by atoms with Crippen LogP contribution in [0.5, 0.6) is 0 Å². The van der Waals surface area contributed by atoms with E-state index in [1.54, 1.807) is 0 Å². The molecule has 3 N–H and O–H groups in total. The van der Waals surface area contributed by atoms with Crippen LogP contribution in [-0.2, 0) is 57.0 Å². The van der Waals surface area contributed by atoms with Gasteiger partial charge >= 0.3 is 0 Å². The van der Waals surface area contributed by atoms with Crippen LogP contribution in [0.1, 0.15) is 12.8 Å². The summed E-state index contributed by atoms with van der Waals surface area (Å²) in [6, 6.07) is 0. The number of azide groups is 2. The number of hydrogen-bond donors (Lipinski definition) is 3. The molecule has 21 nitrogen and oxygen atoms in total. The standard InChI is InChI=1S/C29H55N7O14/c30-35-33-4-8-43-12-16-47-20-24-49-22-18-45-14-10-41-6-1-2-26(37)27(38)28(39)29(40)32-3-7-42-11-15-46-19-23-50-25-21-48-17-13-44-9-5-34-36-31/h27-28,38-39H,1-25H2,(H,32,40)/t27-,28+/m0/s1. The fraction of sp³-hybridized carbons (Fsp3) is 0.931. The van der Waals surface area contributed by atoms with Gasteiger partial charge in [0.1, 0.15) is 6.10 Å². The molecule has 21 heteroatoms. The van der Waals surface area contributed by atoms with Gasteiger partial charge < -0.3 is 62.9 Å². The lowest BCUT2D eigenvalue weighted by molar-refractivity contribution is -0.145. The van der Waals surface area contributed by atoms with Gasteiger partial charge in [-0.15, -0.1) is 0 Å². The van der Waals surface area contributed by atoms with Crippen LogP contribution < -0.4 is 5.32 Å². The summed E-state index contributed by atoms with van der Waals surface area (Å²) in [4.78, 5) is 29.4. The van der Waals surface area contributed by atoms with Crippen molar-refractivity contribution in [1.29, 1.82) is 0 Å². The minimum atomic E-state index is -1.89. The molecule has 0 heterocycles. The molecule has 290 valence electrons. The second-order valence-corrected chi connectivity index (χ2v) is 9.78. The fourth-order valence-corrected chi connectivity index (χ4v) is 3.43. The van der Waals surface area contributed by atoms with E-state index in [-0.39, 0.29) is 32.8 Å². The molecule has 0 aliphatic heterocycles. The summed E-state index contributed by atoms with van der Waals surface area (Å²) in [5.41, 5.74) is 16.3. The number of nitrogens with zero attached hydrogens (tertiary/aromatic N) is 6. The molecule has 0 fully saturated rings. The van der Waals surface area contributed by atoms with Crippen molar-refractivity contribution in [3.63, 3.8) is 0 Å². The largest absolute Gasteiger partial charge is 0.382 e. The zero-order valence-corrected chi connectivity index (χ0v) is 28.8. The first-order valence-electron chi connectivity index (χ1n) is 16.5. The van der Waals surface area contributed by atoms with E-state index in [0.717, 1.165) is 0 Å². The van der Waals surface area contributed by atoms with Gasteiger partial charge in [0.25, 0.3) is 5.91 Å². The average Bonchev–Trinajstić information content (AvgIpc) is 3.12. The Kier molecular flexibility index (Phi) is 36.9. The summed E-state index contributed by atoms with van der Waals surface area (Å²) in [5.74, 6) is -1.54. The molecule has 2 atom stereocenters. The number of aliphatic hydroxyl groups is 2. The van der Waals surface area contributed by atoms with Gasteiger partial charge in [-0.3, -0.25) is 9.59 Å². The third kappa shape index (κ3) is 33.8. The lowest BCUT2D eigenvalue weighted by Crippen LogP contribution is -2.46. The summed E-state index contributed by atoms with van der Waals surface area (Å²) in [7, 11) is 0. The van der Waals surface area contributed by atoms with Crippen molar-refractivity contribution in [2.45, 2.75) is 25.0 Å². The number of carbonyl (C=O) groups excluding carboxylic acids is 2. The number of rotatable bonds is 40. The Hall–Kier alpha value is -2.72. The van der Waals surface area contributed by atoms with Gasteiger partial charge in [0, 0.05) is 42.5 Å². The summed E-state index contributed by atoms with van der Waals surface area (Å²) < 4.78 is 53.3. The van der Waals surface area contributed by atoms with E-state index in [1.807, 2.05) is 0 Å². The van der Waals surface area contributed by atoms with Gasteiger partial charge in [0.2, 0.25) is 0 Å². The van der Waals surface area contributed by atoms with Crippen LogP contribution in [0, 0.1) is 0 Å². The number of ether oxygens (including phenoxy) is 10. The molecule has 0 unspecified atom stereocenters. The summed E-state index contributed by atoms with van der Waals surface area (Å²) in [6.45, 7) is 7.89. The van der Waals surface area contributed by atoms with E-state index in [1.165, 1.54) is 0 Å². The summed E-state index contributed by atoms with van der Waals surface area (Å²) >= 11 is 0. The molecule has 0 aromatic rings. The first kappa shape index (κ1) is 47.3. The molecule has 0 radical (unpaired) electrons. The van der Waals surface area contributed by atoms with Crippen molar-refractivity contribution in [2.24, 2.45) is 10.2 Å². The molecule has 0 saturated heterocycles. The topological polar surface area (TPSA) is 276 Å². The van der Waals surface area contributed by atoms with Crippen molar-refractivity contribution in [2.75, 3.05) is 152 Å². The van der Waals surface area contributed by atoms with E-state index in [4.69, 9.17) is 58.4 Å². The number of amides is 1. The van der Waals surface area contributed by atoms with Crippen molar-refractivity contribution < 1.29 is 67.2 Å². The van der Waals surface area contributed by atoms with Crippen LogP contribution in [0.4, 0.5) is 0 Å². The first-order valence-corrected chi connectivity index (χ1v) is 16.5. The third-order valence-corrected chi connectivity index (χ3v) is 5.93. The normalized spacial score (nSPS) is 12.2. The number of aliphatic hydroxyl groups excluding tert-OH is 2. The molecule has 0 spiro atoms. The Balaban J connectivity index is 3.49. The van der Waals surface area contributed by atoms with E-state index >= 15 is 0 Å². The molecular weight excluding hydrogens is 670 g/mol. The molecule has 0 aliphatic rings. The highest BCUT2D eigenvalue weighted by Crippen LogP contribution is 2.02. The number of hydrogen-bond acceptors (Lipinski definition) is 16. The molecule has 0 aromatic heterocycles. The smallest absolute Gasteiger partial charge is 0.252 e. The summed E-state index contributed by atoms with van der Waals surface area (Å²) in [6.07, 6.45) is -3.49. The number of nitrogens with one attached hydrogen (secondary N) is 1. The maximum Gasteiger partial charge on any atom is 0.252 e. The Morgan fingerprint density at radius 2 is 0.820 bits per heavy atom. The fourth-order valence-electron chi connectivity index (χ4n) is 3.43. The van der Waals surface area contributed by atoms with E-state index < -0.39 is 23.9 Å². The summed E-state index contributed by atoms with van der Waals surface area (Å²) in [5, 5.41) is 29.1. The van der Waals surface area contributed by atoms with Crippen LogP contribution in [0.3, 0.4) is 0 Å².